The van der Waals surface area contributed by atoms with Crippen molar-refractivity contribution in [2.45, 2.75) is 25.6 Å². The van der Waals surface area contributed by atoms with Gasteiger partial charge in [0.1, 0.15) is 0 Å². The highest BCUT2D eigenvalue weighted by molar-refractivity contribution is 5.20. The van der Waals surface area contributed by atoms with E-state index in [1.54, 1.807) is 18.3 Å². The summed E-state index contributed by atoms with van der Waals surface area (Å²) in [5.74, 6) is 0.210. The lowest BCUT2D eigenvalue weighted by Crippen LogP contribution is -2.14. The molecule has 3 nitrogen and oxygen atoms in total. The third-order valence-corrected chi connectivity index (χ3v) is 2.33. The topological polar surface area (TPSA) is 34.1 Å². The van der Waals surface area contributed by atoms with Crippen LogP contribution >= 0.6 is 0 Å². The molecule has 0 bridgehead atoms. The van der Waals surface area contributed by atoms with Gasteiger partial charge in [0, 0.05) is 18.3 Å². The first-order valence-electron chi connectivity index (χ1n) is 5.25. The SMILES string of the molecule is CNC(C)c1ccc(OCCC(F)(F)F)nc1. The van der Waals surface area contributed by atoms with Gasteiger partial charge in [-0.05, 0) is 19.5 Å². The Balaban J connectivity index is 2.46. The molecule has 1 unspecified atom stereocenters. The Kier molecular flexibility index (Phi) is 4.74. The van der Waals surface area contributed by atoms with Gasteiger partial charge in [0.25, 0.3) is 0 Å². The first-order valence-corrected chi connectivity index (χ1v) is 5.25. The van der Waals surface area contributed by atoms with Gasteiger partial charge < -0.3 is 10.1 Å². The molecule has 0 radical (unpaired) electrons. The van der Waals surface area contributed by atoms with Crippen molar-refractivity contribution in [3.05, 3.63) is 23.9 Å². The monoisotopic (exact) mass is 248 g/mol. The van der Waals surface area contributed by atoms with Crippen molar-refractivity contribution in [2.24, 2.45) is 0 Å². The van der Waals surface area contributed by atoms with E-state index in [9.17, 15) is 13.2 Å². The summed E-state index contributed by atoms with van der Waals surface area (Å²) in [6, 6.07) is 3.49. The van der Waals surface area contributed by atoms with E-state index in [0.29, 0.717) is 0 Å². The second kappa shape index (κ2) is 5.86. The number of ether oxygens (including phenoxy) is 1. The van der Waals surface area contributed by atoms with Gasteiger partial charge in [-0.1, -0.05) is 6.07 Å². The van der Waals surface area contributed by atoms with Gasteiger partial charge in [0.2, 0.25) is 5.88 Å². The number of aromatic nitrogens is 1. The van der Waals surface area contributed by atoms with E-state index in [1.165, 1.54) is 0 Å². The fourth-order valence-electron chi connectivity index (χ4n) is 1.17. The Morgan fingerprint density at radius 2 is 2.12 bits per heavy atom. The summed E-state index contributed by atoms with van der Waals surface area (Å²) in [7, 11) is 1.82. The molecule has 1 rings (SSSR count). The number of nitrogens with one attached hydrogen (secondary N) is 1. The van der Waals surface area contributed by atoms with E-state index in [0.717, 1.165) is 5.56 Å². The number of rotatable bonds is 5. The molecule has 96 valence electrons. The maximum absolute atomic E-state index is 11.9. The van der Waals surface area contributed by atoms with Crippen LogP contribution in [0.15, 0.2) is 18.3 Å². The van der Waals surface area contributed by atoms with Crippen LogP contribution in [0.3, 0.4) is 0 Å². The Hall–Kier alpha value is -1.30. The number of hydrogen-bond acceptors (Lipinski definition) is 3. The summed E-state index contributed by atoms with van der Waals surface area (Å²) in [4.78, 5) is 3.94. The molecule has 0 aliphatic heterocycles. The highest BCUT2D eigenvalue weighted by Gasteiger charge is 2.26. The Bertz CT molecular complexity index is 338. The molecule has 1 aromatic rings. The van der Waals surface area contributed by atoms with Gasteiger partial charge in [0.15, 0.2) is 0 Å². The van der Waals surface area contributed by atoms with Crippen LogP contribution in [0.25, 0.3) is 0 Å². The number of hydrogen-bond donors (Lipinski definition) is 1. The largest absolute Gasteiger partial charge is 0.477 e. The maximum atomic E-state index is 11.9. The Morgan fingerprint density at radius 1 is 1.41 bits per heavy atom. The molecule has 1 aromatic heterocycles. The number of nitrogens with zero attached hydrogens (tertiary/aromatic N) is 1. The standard InChI is InChI=1S/C11H15F3N2O/c1-8(15-2)9-3-4-10(16-7-9)17-6-5-11(12,13)14/h3-4,7-8,15H,5-6H2,1-2H3. The summed E-state index contributed by atoms with van der Waals surface area (Å²) < 4.78 is 40.5. The molecule has 0 saturated heterocycles. The lowest BCUT2D eigenvalue weighted by Gasteiger charge is -2.11. The first kappa shape index (κ1) is 13.8. The fourth-order valence-corrected chi connectivity index (χ4v) is 1.17. The molecule has 0 saturated carbocycles. The van der Waals surface area contributed by atoms with Crippen LogP contribution < -0.4 is 10.1 Å². The minimum atomic E-state index is -4.19. The van der Waals surface area contributed by atoms with Crippen molar-refractivity contribution >= 4 is 0 Å². The highest BCUT2D eigenvalue weighted by Crippen LogP contribution is 2.20. The average molecular weight is 248 g/mol. The third kappa shape index (κ3) is 5.04. The van der Waals surface area contributed by atoms with Crippen LogP contribution in [0.5, 0.6) is 5.88 Å². The van der Waals surface area contributed by atoms with Crippen LogP contribution in [0.4, 0.5) is 13.2 Å². The summed E-state index contributed by atoms with van der Waals surface area (Å²) in [6.07, 6.45) is -3.58. The zero-order valence-electron chi connectivity index (χ0n) is 9.71. The first-order chi connectivity index (χ1) is 7.92. The number of alkyl halides is 3. The van der Waals surface area contributed by atoms with Gasteiger partial charge in [-0.3, -0.25) is 0 Å². The second-order valence-electron chi connectivity index (χ2n) is 3.65. The van der Waals surface area contributed by atoms with E-state index < -0.39 is 19.2 Å². The highest BCUT2D eigenvalue weighted by atomic mass is 19.4. The number of halogens is 3. The van der Waals surface area contributed by atoms with Crippen LogP contribution in [0.1, 0.15) is 24.9 Å². The minimum Gasteiger partial charge on any atom is -0.477 e. The van der Waals surface area contributed by atoms with Gasteiger partial charge in [-0.15, -0.1) is 0 Å². The molecule has 1 N–H and O–H groups in total. The smallest absolute Gasteiger partial charge is 0.392 e. The zero-order valence-corrected chi connectivity index (χ0v) is 9.71. The Morgan fingerprint density at radius 3 is 2.59 bits per heavy atom. The van der Waals surface area contributed by atoms with Gasteiger partial charge >= 0.3 is 6.18 Å². The molecule has 0 spiro atoms. The van der Waals surface area contributed by atoms with Crippen LogP contribution in [-0.2, 0) is 0 Å². The molecule has 17 heavy (non-hydrogen) atoms. The van der Waals surface area contributed by atoms with Crippen molar-refractivity contribution in [2.75, 3.05) is 13.7 Å². The summed E-state index contributed by atoms with van der Waals surface area (Å²) in [5.41, 5.74) is 0.954. The Labute approximate surface area is 98.0 Å². The lowest BCUT2D eigenvalue weighted by molar-refractivity contribution is -0.139. The quantitative estimate of drug-likeness (QED) is 0.870. The number of pyridine rings is 1. The third-order valence-electron chi connectivity index (χ3n) is 2.33. The second-order valence-corrected chi connectivity index (χ2v) is 3.65. The molecule has 0 fully saturated rings. The van der Waals surface area contributed by atoms with Gasteiger partial charge in [0.05, 0.1) is 13.0 Å². The maximum Gasteiger partial charge on any atom is 0.392 e. The summed E-state index contributed by atoms with van der Waals surface area (Å²) in [6.45, 7) is 1.55. The molecule has 1 heterocycles. The molecule has 6 heteroatoms. The summed E-state index contributed by atoms with van der Waals surface area (Å²) in [5, 5.41) is 3.03. The van der Waals surface area contributed by atoms with E-state index in [1.807, 2.05) is 14.0 Å². The van der Waals surface area contributed by atoms with Crippen molar-refractivity contribution in [1.82, 2.24) is 10.3 Å². The average Bonchev–Trinajstić information content (AvgIpc) is 2.27. The molecule has 0 amide bonds. The van der Waals surface area contributed by atoms with Crippen LogP contribution in [0, 0.1) is 0 Å². The molecule has 0 aliphatic rings. The lowest BCUT2D eigenvalue weighted by atomic mass is 10.1. The molecular formula is C11H15F3N2O. The molecule has 0 aromatic carbocycles. The van der Waals surface area contributed by atoms with E-state index in [-0.39, 0.29) is 11.9 Å². The molecule has 1 atom stereocenters. The van der Waals surface area contributed by atoms with Crippen molar-refractivity contribution in [3.8, 4) is 5.88 Å². The predicted molar refractivity (Wildman–Crippen MR) is 57.9 cm³/mol. The summed E-state index contributed by atoms with van der Waals surface area (Å²) >= 11 is 0. The van der Waals surface area contributed by atoms with Crippen molar-refractivity contribution in [1.29, 1.82) is 0 Å². The van der Waals surface area contributed by atoms with E-state index in [4.69, 9.17) is 4.74 Å². The van der Waals surface area contributed by atoms with E-state index >= 15 is 0 Å². The molecule has 0 aliphatic carbocycles. The van der Waals surface area contributed by atoms with E-state index in [2.05, 4.69) is 10.3 Å². The van der Waals surface area contributed by atoms with Crippen LogP contribution in [0.2, 0.25) is 0 Å². The predicted octanol–water partition coefficient (Wildman–Crippen LogP) is 2.69. The minimum absolute atomic E-state index is 0.145. The zero-order chi connectivity index (χ0) is 12.9. The normalized spacial score (nSPS) is 13.5. The molecular weight excluding hydrogens is 233 g/mol. The van der Waals surface area contributed by atoms with Crippen molar-refractivity contribution in [3.63, 3.8) is 0 Å². The van der Waals surface area contributed by atoms with Crippen LogP contribution in [-0.4, -0.2) is 24.8 Å². The van der Waals surface area contributed by atoms with Gasteiger partial charge in [-0.25, -0.2) is 4.98 Å². The van der Waals surface area contributed by atoms with Crippen molar-refractivity contribution < 1.29 is 17.9 Å². The van der Waals surface area contributed by atoms with Gasteiger partial charge in [-0.2, -0.15) is 13.2 Å². The fraction of sp³-hybridized carbons (Fsp3) is 0.545.